The highest BCUT2D eigenvalue weighted by atomic mass is 19.1. The van der Waals surface area contributed by atoms with Crippen LogP contribution in [0.5, 0.6) is 0 Å². The number of aliphatic hydroxyl groups excluding tert-OH is 1. The summed E-state index contributed by atoms with van der Waals surface area (Å²) in [6, 6.07) is 3.70. The molecule has 0 unspecified atom stereocenters. The van der Waals surface area contributed by atoms with E-state index in [0.717, 1.165) is 18.2 Å². The molecule has 3 heterocycles. The number of anilines is 1. The number of benzene rings is 1. The first-order chi connectivity index (χ1) is 16.8. The number of aromatic nitrogens is 1. The summed E-state index contributed by atoms with van der Waals surface area (Å²) >= 11 is 0. The molecule has 4 atom stereocenters. The van der Waals surface area contributed by atoms with Gasteiger partial charge in [-0.2, -0.15) is 0 Å². The average Bonchev–Trinajstić information content (AvgIpc) is 3.08. The first-order valence-electron chi connectivity index (χ1n) is 11.6. The monoisotopic (exact) mass is 486 g/mol. The third-order valence-corrected chi connectivity index (χ3v) is 6.68. The van der Waals surface area contributed by atoms with Crippen LogP contribution in [0.25, 0.3) is 6.08 Å². The minimum atomic E-state index is -0.883. The number of fused-ring (bicyclic) bond motifs is 4. The Morgan fingerprint density at radius 3 is 2.69 bits per heavy atom. The first-order valence-corrected chi connectivity index (χ1v) is 11.6. The summed E-state index contributed by atoms with van der Waals surface area (Å²) in [6.07, 6.45) is 4.12. The van der Waals surface area contributed by atoms with E-state index in [4.69, 9.17) is 0 Å². The first kappa shape index (κ1) is 24.6. The van der Waals surface area contributed by atoms with Gasteiger partial charge in [-0.1, -0.05) is 19.1 Å². The van der Waals surface area contributed by atoms with Gasteiger partial charge < -0.3 is 25.2 Å². The summed E-state index contributed by atoms with van der Waals surface area (Å²) in [6.45, 7) is 3.77. The van der Waals surface area contributed by atoms with E-state index in [-0.39, 0.29) is 23.7 Å². The lowest BCUT2D eigenvalue weighted by Gasteiger charge is -2.38. The highest BCUT2D eigenvalue weighted by Gasteiger charge is 2.57. The van der Waals surface area contributed by atoms with Crippen molar-refractivity contribution in [3.05, 3.63) is 69.7 Å². The number of aliphatic hydroxyl groups is 1. The van der Waals surface area contributed by atoms with Crippen LogP contribution < -0.4 is 16.2 Å². The van der Waals surface area contributed by atoms with Crippen LogP contribution in [-0.2, 0) is 11.3 Å². The highest BCUT2D eigenvalue weighted by Crippen LogP contribution is 2.48. The lowest BCUT2D eigenvalue weighted by atomic mass is 9.86. The maximum Gasteiger partial charge on any atom is 0.322 e. The van der Waals surface area contributed by atoms with Crippen LogP contribution in [0.4, 0.5) is 19.3 Å². The number of nitrogens with one attached hydrogen (secondary N) is 2. The van der Waals surface area contributed by atoms with Crippen LogP contribution in [0.2, 0.25) is 0 Å². The van der Waals surface area contributed by atoms with E-state index in [9.17, 15) is 28.3 Å². The van der Waals surface area contributed by atoms with E-state index < -0.39 is 48.2 Å². The minimum Gasteiger partial charge on any atom is -0.396 e. The second-order valence-corrected chi connectivity index (χ2v) is 8.77. The van der Waals surface area contributed by atoms with Crippen LogP contribution >= 0.6 is 0 Å². The molecular weight excluding hydrogens is 458 g/mol. The number of allylic oxidation sites excluding steroid dienone is 1. The predicted octanol–water partition coefficient (Wildman–Crippen LogP) is 2.88. The molecular formula is C25H28F2N4O4. The van der Waals surface area contributed by atoms with Crippen molar-refractivity contribution in [2.24, 2.45) is 11.8 Å². The van der Waals surface area contributed by atoms with Crippen molar-refractivity contribution in [1.82, 2.24) is 14.8 Å². The fourth-order valence-corrected chi connectivity index (χ4v) is 5.15. The molecule has 0 aliphatic carbocycles. The Morgan fingerprint density at radius 2 is 2.00 bits per heavy atom. The number of urea groups is 1. The second kappa shape index (κ2) is 9.99. The number of rotatable bonds is 6. The molecule has 1 saturated heterocycles. The number of pyridine rings is 1. The molecule has 2 aliphatic rings. The number of carbonyl (C=O) groups is 2. The summed E-state index contributed by atoms with van der Waals surface area (Å²) in [5.41, 5.74) is 0.302. The molecule has 0 spiro atoms. The zero-order valence-electron chi connectivity index (χ0n) is 19.5. The van der Waals surface area contributed by atoms with E-state index in [1.807, 2.05) is 6.92 Å². The predicted molar refractivity (Wildman–Crippen MR) is 127 cm³/mol. The van der Waals surface area contributed by atoms with Gasteiger partial charge in [0.1, 0.15) is 11.6 Å². The van der Waals surface area contributed by atoms with Gasteiger partial charge in [0, 0.05) is 42.9 Å². The fraction of sp³-hybridized carbons (Fsp3) is 0.400. The quantitative estimate of drug-likeness (QED) is 0.584. The van der Waals surface area contributed by atoms with Gasteiger partial charge in [0.2, 0.25) is 5.91 Å². The van der Waals surface area contributed by atoms with Crippen molar-refractivity contribution < 1.29 is 23.5 Å². The summed E-state index contributed by atoms with van der Waals surface area (Å²) in [5, 5.41) is 15.5. The molecule has 1 fully saturated rings. The molecule has 2 bridgehead atoms. The zero-order valence-corrected chi connectivity index (χ0v) is 19.5. The van der Waals surface area contributed by atoms with Gasteiger partial charge in [-0.25, -0.2) is 13.6 Å². The van der Waals surface area contributed by atoms with Crippen LogP contribution in [0.15, 0.2) is 41.2 Å². The molecule has 2 aliphatic heterocycles. The van der Waals surface area contributed by atoms with Crippen LogP contribution in [0, 0.1) is 23.5 Å². The highest BCUT2D eigenvalue weighted by molar-refractivity contribution is 5.92. The third-order valence-electron chi connectivity index (χ3n) is 6.68. The molecule has 1 aromatic carbocycles. The van der Waals surface area contributed by atoms with Crippen molar-refractivity contribution in [3.8, 4) is 0 Å². The standard InChI is InChI=1S/C25H28F2N4O4/c1-3-5-14-6-9-19-22-21(23(33)28-10-4-2)16(13-32)20(12-30(19)24(14)34)31(22)25(35)29-18-11-15(26)7-8-17(18)27/h3,5-9,11,16,20-22,32H,4,10,12-13H2,1-2H3,(H,28,33)(H,29,35)/b5-3+/t16-,20-,21+,22+/m1/s1. The molecule has 35 heavy (non-hydrogen) atoms. The Balaban J connectivity index is 1.80. The third kappa shape index (κ3) is 4.34. The number of nitrogens with zero attached hydrogens (tertiary/aromatic N) is 2. The zero-order chi connectivity index (χ0) is 25.3. The van der Waals surface area contributed by atoms with E-state index in [2.05, 4.69) is 10.6 Å². The Labute approximate surface area is 201 Å². The Bertz CT molecular complexity index is 1230. The van der Waals surface area contributed by atoms with E-state index >= 15 is 0 Å². The van der Waals surface area contributed by atoms with Gasteiger partial charge >= 0.3 is 6.03 Å². The van der Waals surface area contributed by atoms with Gasteiger partial charge in [-0.3, -0.25) is 9.59 Å². The topological polar surface area (TPSA) is 104 Å². The lowest BCUT2D eigenvalue weighted by Crippen LogP contribution is -2.50. The molecule has 3 N–H and O–H groups in total. The van der Waals surface area contributed by atoms with Crippen LogP contribution in [0.3, 0.4) is 0 Å². The SMILES string of the molecule is C/C=C/c1ccc2n(c1=O)C[C@@H]1[C@@H](CO)[C@H](C(=O)NCCC)[C@H]2N1C(=O)Nc1cc(F)ccc1F. The molecule has 0 radical (unpaired) electrons. The van der Waals surface area contributed by atoms with Crippen molar-refractivity contribution in [2.75, 3.05) is 18.5 Å². The smallest absolute Gasteiger partial charge is 0.322 e. The van der Waals surface area contributed by atoms with Crippen LogP contribution in [0.1, 0.15) is 37.6 Å². The largest absolute Gasteiger partial charge is 0.396 e. The Morgan fingerprint density at radius 1 is 1.23 bits per heavy atom. The normalized spacial score (nSPS) is 22.8. The van der Waals surface area contributed by atoms with E-state index in [1.54, 1.807) is 31.2 Å². The molecule has 10 heteroatoms. The molecule has 1 aromatic heterocycles. The lowest BCUT2D eigenvalue weighted by molar-refractivity contribution is -0.127. The maximum absolute atomic E-state index is 14.2. The Hall–Kier alpha value is -3.53. The summed E-state index contributed by atoms with van der Waals surface area (Å²) in [5.74, 6) is -3.37. The molecule has 2 aromatic rings. The van der Waals surface area contributed by atoms with Gasteiger partial charge in [0.25, 0.3) is 5.56 Å². The van der Waals surface area contributed by atoms with Crippen molar-refractivity contribution in [1.29, 1.82) is 0 Å². The molecule has 186 valence electrons. The van der Waals surface area contributed by atoms with Crippen molar-refractivity contribution >= 4 is 23.7 Å². The number of hydrogen-bond acceptors (Lipinski definition) is 4. The summed E-state index contributed by atoms with van der Waals surface area (Å²) in [4.78, 5) is 41.2. The van der Waals surface area contributed by atoms with Gasteiger partial charge in [0.05, 0.1) is 23.7 Å². The van der Waals surface area contributed by atoms with Crippen molar-refractivity contribution in [3.63, 3.8) is 0 Å². The van der Waals surface area contributed by atoms with Gasteiger partial charge in [-0.05, 0) is 37.6 Å². The fourth-order valence-electron chi connectivity index (χ4n) is 5.15. The molecule has 0 saturated carbocycles. The van der Waals surface area contributed by atoms with E-state index in [1.165, 1.54) is 9.47 Å². The van der Waals surface area contributed by atoms with E-state index in [0.29, 0.717) is 24.2 Å². The molecule has 4 rings (SSSR count). The number of hydrogen-bond donors (Lipinski definition) is 3. The average molecular weight is 487 g/mol. The van der Waals surface area contributed by atoms with Gasteiger partial charge in [-0.15, -0.1) is 0 Å². The van der Waals surface area contributed by atoms with Gasteiger partial charge in [0.15, 0.2) is 0 Å². The minimum absolute atomic E-state index is 0.0535. The number of carbonyl (C=O) groups excluding carboxylic acids is 2. The maximum atomic E-state index is 14.2. The number of halogens is 2. The molecule has 8 nitrogen and oxygen atoms in total. The Kier molecular flexibility index (Phi) is 7.02. The van der Waals surface area contributed by atoms with Crippen molar-refractivity contribution in [2.45, 2.75) is 38.9 Å². The summed E-state index contributed by atoms with van der Waals surface area (Å²) < 4.78 is 29.5. The molecule has 3 amide bonds. The summed E-state index contributed by atoms with van der Waals surface area (Å²) in [7, 11) is 0. The second-order valence-electron chi connectivity index (χ2n) is 8.77. The number of amides is 3. The van der Waals surface area contributed by atoms with Crippen LogP contribution in [-0.4, -0.2) is 45.7 Å².